The monoisotopic (exact) mass is 417 g/mol. The van der Waals surface area contributed by atoms with Gasteiger partial charge in [0, 0.05) is 5.69 Å². The maximum atomic E-state index is 13.4. The van der Waals surface area contributed by atoms with E-state index in [1.165, 1.54) is 24.8 Å². The SMILES string of the molecule is COC(=O)c1ccc([C@@H]2[C@@H](CCCc3ccccc3)C(=O)N2c2ccc(F)cc2)cc1. The molecule has 0 N–H and O–H groups in total. The van der Waals surface area contributed by atoms with E-state index in [0.717, 1.165) is 24.8 Å². The second-order valence-corrected chi connectivity index (χ2v) is 7.73. The lowest BCUT2D eigenvalue weighted by Crippen LogP contribution is -2.55. The molecule has 0 aromatic heterocycles. The van der Waals surface area contributed by atoms with Crippen LogP contribution < -0.4 is 4.90 Å². The van der Waals surface area contributed by atoms with Crippen LogP contribution >= 0.6 is 0 Å². The minimum absolute atomic E-state index is 0.0433. The smallest absolute Gasteiger partial charge is 0.337 e. The molecule has 31 heavy (non-hydrogen) atoms. The molecule has 0 saturated carbocycles. The Morgan fingerprint density at radius 1 is 0.968 bits per heavy atom. The second-order valence-electron chi connectivity index (χ2n) is 7.73. The molecule has 0 spiro atoms. The van der Waals surface area contributed by atoms with Crippen LogP contribution in [0.15, 0.2) is 78.9 Å². The lowest BCUT2D eigenvalue weighted by Gasteiger charge is -2.47. The number of β-lactam (4-membered cyclic amide) rings is 1. The highest BCUT2D eigenvalue weighted by Crippen LogP contribution is 2.45. The average Bonchev–Trinajstić information content (AvgIpc) is 2.81. The molecular formula is C26H24FNO3. The van der Waals surface area contributed by atoms with E-state index < -0.39 is 5.97 Å². The first-order valence-corrected chi connectivity index (χ1v) is 10.4. The zero-order chi connectivity index (χ0) is 21.8. The topological polar surface area (TPSA) is 46.6 Å². The molecule has 3 aromatic rings. The molecule has 158 valence electrons. The number of aryl methyl sites for hydroxylation is 1. The van der Waals surface area contributed by atoms with Gasteiger partial charge in [-0.2, -0.15) is 0 Å². The Morgan fingerprint density at radius 2 is 1.65 bits per heavy atom. The second kappa shape index (κ2) is 9.13. The van der Waals surface area contributed by atoms with Gasteiger partial charge in [0.05, 0.1) is 24.6 Å². The van der Waals surface area contributed by atoms with Crippen molar-refractivity contribution < 1.29 is 18.7 Å². The first-order valence-electron chi connectivity index (χ1n) is 10.4. The molecule has 1 aliphatic heterocycles. The summed E-state index contributed by atoms with van der Waals surface area (Å²) in [5, 5.41) is 0. The molecule has 0 aliphatic carbocycles. The number of anilines is 1. The Balaban J connectivity index is 1.55. The van der Waals surface area contributed by atoms with Gasteiger partial charge in [-0.15, -0.1) is 0 Å². The quantitative estimate of drug-likeness (QED) is 0.385. The summed E-state index contributed by atoms with van der Waals surface area (Å²) in [6.45, 7) is 0. The fourth-order valence-corrected chi connectivity index (χ4v) is 4.21. The van der Waals surface area contributed by atoms with E-state index in [2.05, 4.69) is 12.1 Å². The van der Waals surface area contributed by atoms with E-state index in [1.807, 2.05) is 30.3 Å². The maximum Gasteiger partial charge on any atom is 0.337 e. The third-order valence-electron chi connectivity index (χ3n) is 5.82. The van der Waals surface area contributed by atoms with E-state index in [-0.39, 0.29) is 23.7 Å². The number of halogens is 1. The van der Waals surface area contributed by atoms with Crippen molar-refractivity contribution in [1.29, 1.82) is 0 Å². The van der Waals surface area contributed by atoms with Gasteiger partial charge in [0.25, 0.3) is 0 Å². The zero-order valence-corrected chi connectivity index (χ0v) is 17.3. The lowest BCUT2D eigenvalue weighted by molar-refractivity contribution is -0.130. The van der Waals surface area contributed by atoms with Gasteiger partial charge in [0.1, 0.15) is 5.82 Å². The molecule has 4 nitrogen and oxygen atoms in total. The van der Waals surface area contributed by atoms with Gasteiger partial charge in [0.2, 0.25) is 5.91 Å². The van der Waals surface area contributed by atoms with E-state index in [0.29, 0.717) is 11.3 Å². The van der Waals surface area contributed by atoms with Gasteiger partial charge in [-0.3, -0.25) is 4.79 Å². The summed E-state index contributed by atoms with van der Waals surface area (Å²) in [5.41, 5.74) is 3.34. The molecule has 4 rings (SSSR count). The van der Waals surface area contributed by atoms with Crippen molar-refractivity contribution in [2.75, 3.05) is 12.0 Å². The van der Waals surface area contributed by atoms with Gasteiger partial charge in [-0.05, 0) is 66.8 Å². The van der Waals surface area contributed by atoms with Crippen LogP contribution in [-0.4, -0.2) is 19.0 Å². The standard InChI is InChI=1S/C26H24FNO3/c1-31-26(30)20-12-10-19(11-13-20)24-23(9-5-8-18-6-3-2-4-7-18)25(29)28(24)22-16-14-21(27)15-17-22/h2-4,6-7,10-17,23-24H,5,8-9H2,1H3/t23-,24-/m1/s1. The van der Waals surface area contributed by atoms with E-state index in [1.54, 1.807) is 29.2 Å². The zero-order valence-electron chi connectivity index (χ0n) is 17.3. The summed E-state index contributed by atoms with van der Waals surface area (Å²) >= 11 is 0. The minimum Gasteiger partial charge on any atom is -0.465 e. The van der Waals surface area contributed by atoms with E-state index >= 15 is 0 Å². The van der Waals surface area contributed by atoms with Crippen LogP contribution in [0.25, 0.3) is 0 Å². The Kier molecular flexibility index (Phi) is 6.12. The molecule has 1 fully saturated rings. The van der Waals surface area contributed by atoms with E-state index in [9.17, 15) is 14.0 Å². The summed E-state index contributed by atoms with van der Waals surface area (Å²) in [4.78, 5) is 26.5. The Morgan fingerprint density at radius 3 is 2.29 bits per heavy atom. The van der Waals surface area contributed by atoms with Crippen LogP contribution in [0.3, 0.4) is 0 Å². The average molecular weight is 417 g/mol. The highest BCUT2D eigenvalue weighted by atomic mass is 19.1. The summed E-state index contributed by atoms with van der Waals surface area (Å²) in [6.07, 6.45) is 2.57. The van der Waals surface area contributed by atoms with Gasteiger partial charge >= 0.3 is 5.97 Å². The summed E-state index contributed by atoms with van der Waals surface area (Å²) in [6, 6.07) is 23.2. The molecule has 0 radical (unpaired) electrons. The van der Waals surface area contributed by atoms with Crippen LogP contribution in [0.2, 0.25) is 0 Å². The number of hydrogen-bond donors (Lipinski definition) is 0. The predicted molar refractivity (Wildman–Crippen MR) is 117 cm³/mol. The van der Waals surface area contributed by atoms with Crippen LogP contribution in [0.5, 0.6) is 0 Å². The third-order valence-corrected chi connectivity index (χ3v) is 5.82. The van der Waals surface area contributed by atoms with Crippen molar-refractivity contribution in [3.05, 3.63) is 101 Å². The number of carbonyl (C=O) groups excluding carboxylic acids is 2. The fourth-order valence-electron chi connectivity index (χ4n) is 4.21. The number of esters is 1. The molecule has 2 atom stereocenters. The molecule has 0 bridgehead atoms. The normalized spacial score (nSPS) is 17.9. The third kappa shape index (κ3) is 4.36. The maximum absolute atomic E-state index is 13.4. The van der Waals surface area contributed by atoms with Crippen molar-refractivity contribution in [2.45, 2.75) is 25.3 Å². The molecule has 1 amide bonds. The molecule has 3 aromatic carbocycles. The molecule has 5 heteroatoms. The molecular weight excluding hydrogens is 393 g/mol. The number of ether oxygens (including phenoxy) is 1. The minimum atomic E-state index is -0.397. The first-order chi connectivity index (χ1) is 15.1. The van der Waals surface area contributed by atoms with Crippen molar-refractivity contribution in [2.24, 2.45) is 5.92 Å². The number of rotatable bonds is 7. The van der Waals surface area contributed by atoms with Crippen molar-refractivity contribution >= 4 is 17.6 Å². The fraction of sp³-hybridized carbons (Fsp3) is 0.231. The van der Waals surface area contributed by atoms with Crippen LogP contribution in [-0.2, 0) is 16.0 Å². The number of carbonyl (C=O) groups is 2. The number of hydrogen-bond acceptors (Lipinski definition) is 3. The van der Waals surface area contributed by atoms with Gasteiger partial charge in [-0.1, -0.05) is 42.5 Å². The Hall–Kier alpha value is -3.47. The number of benzene rings is 3. The summed E-state index contributed by atoms with van der Waals surface area (Å²) < 4.78 is 18.2. The van der Waals surface area contributed by atoms with Gasteiger partial charge in [0.15, 0.2) is 0 Å². The molecule has 1 aliphatic rings. The lowest BCUT2D eigenvalue weighted by atomic mass is 9.78. The van der Waals surface area contributed by atoms with Crippen LogP contribution in [0, 0.1) is 11.7 Å². The first kappa shape index (κ1) is 20.8. The largest absolute Gasteiger partial charge is 0.465 e. The van der Waals surface area contributed by atoms with Gasteiger partial charge < -0.3 is 9.64 Å². The number of methoxy groups -OCH3 is 1. The van der Waals surface area contributed by atoms with Crippen LogP contribution in [0.1, 0.15) is 40.4 Å². The molecule has 0 unspecified atom stereocenters. The van der Waals surface area contributed by atoms with Crippen LogP contribution in [0.4, 0.5) is 10.1 Å². The number of nitrogens with zero attached hydrogens (tertiary/aromatic N) is 1. The van der Waals surface area contributed by atoms with Crippen molar-refractivity contribution in [3.63, 3.8) is 0 Å². The Labute approximate surface area is 181 Å². The Bertz CT molecular complexity index is 1050. The van der Waals surface area contributed by atoms with Gasteiger partial charge in [-0.25, -0.2) is 9.18 Å². The molecule has 1 heterocycles. The predicted octanol–water partition coefficient (Wildman–Crippen LogP) is 5.34. The molecule has 1 saturated heterocycles. The summed E-state index contributed by atoms with van der Waals surface area (Å²) in [5.74, 6) is -0.847. The van der Waals surface area contributed by atoms with Crippen molar-refractivity contribution in [3.8, 4) is 0 Å². The van der Waals surface area contributed by atoms with E-state index in [4.69, 9.17) is 4.74 Å². The number of amides is 1. The highest BCUT2D eigenvalue weighted by molar-refractivity contribution is 6.03. The van der Waals surface area contributed by atoms with Crippen molar-refractivity contribution in [1.82, 2.24) is 0 Å². The summed E-state index contributed by atoms with van der Waals surface area (Å²) in [7, 11) is 1.35. The highest BCUT2D eigenvalue weighted by Gasteiger charge is 2.48.